The highest BCUT2D eigenvalue weighted by Gasteiger charge is 2.31. The number of hydrogen-bond acceptors (Lipinski definition) is 0. The van der Waals surface area contributed by atoms with Crippen molar-refractivity contribution in [2.45, 2.75) is 5.82 Å². The summed E-state index contributed by atoms with van der Waals surface area (Å²) in [5.74, 6) is 0.337. The highest BCUT2D eigenvalue weighted by Crippen LogP contribution is 2.48. The molecule has 4 aromatic carbocycles. The van der Waals surface area contributed by atoms with Crippen molar-refractivity contribution in [2.75, 3.05) is 0 Å². The molecule has 0 amide bonds. The van der Waals surface area contributed by atoms with Gasteiger partial charge in [0.15, 0.2) is 7.00 Å². The highest BCUT2D eigenvalue weighted by atomic mass is 31.1. The van der Waals surface area contributed by atoms with Crippen LogP contribution >= 0.6 is 7.80 Å². The first kappa shape index (κ1) is 16.5. The summed E-state index contributed by atoms with van der Waals surface area (Å²) < 4.78 is 0. The molecule has 5 rings (SSSR count). The van der Waals surface area contributed by atoms with E-state index in [0.717, 1.165) is 0 Å². The molecule has 0 unspecified atom stereocenters. The molecule has 127 valence electrons. The Kier molecular flexibility index (Phi) is 4.40. The minimum Gasteiger partial charge on any atom is -0.0859 e. The lowest BCUT2D eigenvalue weighted by Gasteiger charge is -2.23. The monoisotopic (exact) mass is 361 g/mol. The second-order valence-electron chi connectivity index (χ2n) is 6.84. The minimum atomic E-state index is -0.536. The van der Waals surface area contributed by atoms with Gasteiger partial charge in [0.2, 0.25) is 0 Å². The molecular weight excluding hydrogens is 342 g/mol. The first-order valence-electron chi connectivity index (χ1n) is 9.34. The van der Waals surface area contributed by atoms with Gasteiger partial charge in [-0.2, -0.15) is 0 Å². The van der Waals surface area contributed by atoms with Gasteiger partial charge < -0.3 is 0 Å². The van der Waals surface area contributed by atoms with Gasteiger partial charge in [0.1, 0.15) is 0 Å². The number of benzene rings is 4. The Hall–Kier alpha value is -2.63. The van der Waals surface area contributed by atoms with Gasteiger partial charge in [-0.1, -0.05) is 117 Å². The van der Waals surface area contributed by atoms with Gasteiger partial charge >= 0.3 is 0 Å². The van der Waals surface area contributed by atoms with E-state index in [4.69, 9.17) is 0 Å². The minimum absolute atomic E-state index is 0.337. The molecule has 0 nitrogen and oxygen atoms in total. The van der Waals surface area contributed by atoms with Crippen LogP contribution in [-0.4, -0.2) is 7.00 Å². The fourth-order valence-corrected chi connectivity index (χ4v) is 6.25. The Morgan fingerprint density at radius 3 is 1.37 bits per heavy atom. The zero-order valence-corrected chi connectivity index (χ0v) is 15.9. The summed E-state index contributed by atoms with van der Waals surface area (Å²) in [5.41, 5.74) is 5.62. The van der Waals surface area contributed by atoms with Crippen LogP contribution in [0.15, 0.2) is 109 Å². The Labute approximate surface area is 162 Å². The third-order valence-corrected chi connectivity index (χ3v) is 7.55. The summed E-state index contributed by atoms with van der Waals surface area (Å²) in [6.07, 6.45) is 0. The maximum Gasteiger partial charge on any atom is 0.173 e. The second kappa shape index (κ2) is 7.18. The molecule has 0 spiro atoms. The molecule has 0 fully saturated rings. The molecule has 0 N–H and O–H groups in total. The summed E-state index contributed by atoms with van der Waals surface area (Å²) in [7, 11) is -0.536. The van der Waals surface area contributed by atoms with E-state index in [1.54, 1.807) is 0 Å². The van der Waals surface area contributed by atoms with Crippen LogP contribution in [0.1, 0.15) is 16.9 Å². The zero-order valence-electron chi connectivity index (χ0n) is 15.0. The maximum atomic E-state index is 2.59. The van der Waals surface area contributed by atoms with Crippen molar-refractivity contribution in [3.05, 3.63) is 120 Å². The normalized spacial score (nSPS) is 12.6. The van der Waals surface area contributed by atoms with E-state index >= 15 is 0 Å². The van der Waals surface area contributed by atoms with E-state index in [1.807, 2.05) is 0 Å². The van der Waals surface area contributed by atoms with Crippen LogP contribution in [0.25, 0.3) is 11.1 Å². The molecule has 4 aromatic rings. The summed E-state index contributed by atoms with van der Waals surface area (Å²) in [6, 6.07) is 39.6. The molecule has 0 bridgehead atoms. The van der Waals surface area contributed by atoms with Crippen molar-refractivity contribution in [2.24, 2.45) is 0 Å². The Bertz CT molecular complexity index is 975. The fraction of sp³-hybridized carbons (Fsp3) is 0.0400. The van der Waals surface area contributed by atoms with E-state index < -0.39 is 7.80 Å². The second-order valence-corrected chi connectivity index (χ2v) is 8.91. The summed E-state index contributed by atoms with van der Waals surface area (Å²) >= 11 is 0. The van der Waals surface area contributed by atoms with E-state index in [-0.39, 0.29) is 0 Å². The molecule has 27 heavy (non-hydrogen) atoms. The maximum absolute atomic E-state index is 2.59. The van der Waals surface area contributed by atoms with Crippen LogP contribution in [0, 0.1) is 0 Å². The predicted octanol–water partition coefficient (Wildman–Crippen LogP) is 5.51. The lowest BCUT2D eigenvalue weighted by atomic mass is 9.78. The Morgan fingerprint density at radius 2 is 0.889 bits per heavy atom. The van der Waals surface area contributed by atoms with Crippen LogP contribution in [0.5, 0.6) is 0 Å². The van der Waals surface area contributed by atoms with E-state index in [1.165, 1.54) is 32.9 Å². The largest absolute Gasteiger partial charge is 0.173 e. The topological polar surface area (TPSA) is 0 Å². The predicted molar refractivity (Wildman–Crippen MR) is 119 cm³/mol. The molecule has 1 radical (unpaired) electrons. The van der Waals surface area contributed by atoms with Gasteiger partial charge in [-0.05, 0) is 38.7 Å². The van der Waals surface area contributed by atoms with E-state index in [0.29, 0.717) is 5.82 Å². The third-order valence-electron chi connectivity index (χ3n) is 5.25. The molecule has 1 aliphatic rings. The van der Waals surface area contributed by atoms with Gasteiger partial charge in [-0.15, -0.1) is 0 Å². The molecule has 0 atom stereocenters. The van der Waals surface area contributed by atoms with Crippen LogP contribution < -0.4 is 10.6 Å². The summed E-state index contributed by atoms with van der Waals surface area (Å²) in [6.45, 7) is 2.59. The van der Waals surface area contributed by atoms with Crippen molar-refractivity contribution in [1.82, 2.24) is 0 Å². The van der Waals surface area contributed by atoms with Crippen molar-refractivity contribution in [1.29, 1.82) is 0 Å². The first-order valence-corrected chi connectivity index (χ1v) is 10.8. The molecule has 1 aliphatic carbocycles. The van der Waals surface area contributed by atoms with Crippen molar-refractivity contribution in [3.8, 4) is 11.1 Å². The van der Waals surface area contributed by atoms with Crippen molar-refractivity contribution >= 4 is 25.4 Å². The van der Waals surface area contributed by atoms with Crippen LogP contribution in [0.4, 0.5) is 0 Å². The average Bonchev–Trinajstić information content (AvgIpc) is 3.07. The molecule has 2 heteroatoms. The highest BCUT2D eigenvalue weighted by molar-refractivity contribution is 7.97. The SMILES string of the molecule is [B](C1c2ccccc2-c2ccccc21)P(c1ccccc1)c1ccccc1. The Morgan fingerprint density at radius 1 is 0.481 bits per heavy atom. The van der Waals surface area contributed by atoms with Gasteiger partial charge in [0.05, 0.1) is 0 Å². The molecule has 0 aromatic heterocycles. The number of hydrogen-bond donors (Lipinski definition) is 0. The average molecular weight is 361 g/mol. The van der Waals surface area contributed by atoms with Gasteiger partial charge in [0, 0.05) is 0 Å². The van der Waals surface area contributed by atoms with Crippen LogP contribution in [0.3, 0.4) is 0 Å². The van der Waals surface area contributed by atoms with Gasteiger partial charge in [-0.3, -0.25) is 0 Å². The first-order chi connectivity index (χ1) is 13.4. The van der Waals surface area contributed by atoms with Crippen LogP contribution in [-0.2, 0) is 0 Å². The van der Waals surface area contributed by atoms with Crippen LogP contribution in [0.2, 0.25) is 0 Å². The third kappa shape index (κ3) is 3.03. The van der Waals surface area contributed by atoms with E-state index in [9.17, 15) is 0 Å². The summed E-state index contributed by atoms with van der Waals surface area (Å²) in [5, 5.41) is 2.81. The lowest BCUT2D eigenvalue weighted by molar-refractivity contribution is 1.20. The molecular formula is C25H19BP. The standard InChI is InChI=1S/C25H19BP/c1-3-11-19(12-4-1)27(20-13-5-2-6-14-20)26-25-23-17-9-7-15-21(23)22-16-8-10-18-24(22)25/h1-18,25H. The van der Waals surface area contributed by atoms with Gasteiger partial charge in [-0.25, -0.2) is 0 Å². The lowest BCUT2D eigenvalue weighted by Crippen LogP contribution is -2.20. The summed E-state index contributed by atoms with van der Waals surface area (Å²) in [4.78, 5) is 0. The Balaban J connectivity index is 1.61. The van der Waals surface area contributed by atoms with Crippen molar-refractivity contribution < 1.29 is 0 Å². The molecule has 0 saturated heterocycles. The number of fused-ring (bicyclic) bond motifs is 3. The molecule has 0 saturated carbocycles. The zero-order chi connectivity index (χ0) is 18.1. The quantitative estimate of drug-likeness (QED) is 0.332. The smallest absolute Gasteiger partial charge is 0.0859 e. The fourth-order valence-electron chi connectivity index (χ4n) is 4.00. The molecule has 0 aliphatic heterocycles. The number of rotatable bonds is 4. The molecule has 0 heterocycles. The van der Waals surface area contributed by atoms with Crippen molar-refractivity contribution in [3.63, 3.8) is 0 Å². The van der Waals surface area contributed by atoms with Gasteiger partial charge in [0.25, 0.3) is 0 Å². The van der Waals surface area contributed by atoms with E-state index in [2.05, 4.69) is 116 Å².